The summed E-state index contributed by atoms with van der Waals surface area (Å²) in [5, 5.41) is 0. The molecule has 0 N–H and O–H groups in total. The predicted octanol–water partition coefficient (Wildman–Crippen LogP) is -0.0581. The fraction of sp³-hybridized carbons (Fsp3) is 1.00. The van der Waals surface area contributed by atoms with E-state index in [0.29, 0.717) is 42.4 Å². The van der Waals surface area contributed by atoms with Gasteiger partial charge in [-0.25, -0.2) is 0 Å². The van der Waals surface area contributed by atoms with E-state index in [1.165, 1.54) is 17.3 Å². The van der Waals surface area contributed by atoms with Crippen LogP contribution in [-0.2, 0) is 0 Å². The summed E-state index contributed by atoms with van der Waals surface area (Å²) in [6.07, 6.45) is 2.77. The molecule has 0 aromatic carbocycles. The van der Waals surface area contributed by atoms with Crippen molar-refractivity contribution >= 4 is 0 Å². The van der Waals surface area contributed by atoms with Crippen molar-refractivity contribution in [2.45, 2.75) is 85.0 Å². The second kappa shape index (κ2) is 30.5. The molecule has 0 amide bonds. The van der Waals surface area contributed by atoms with Crippen LogP contribution in [0.15, 0.2) is 0 Å². The van der Waals surface area contributed by atoms with Crippen molar-refractivity contribution in [3.63, 3.8) is 0 Å². The fourth-order valence-electron chi connectivity index (χ4n) is 0.527. The molecule has 0 aromatic rings. The molecule has 0 saturated carbocycles. The zero-order chi connectivity index (χ0) is 10.7. The van der Waals surface area contributed by atoms with Crippen molar-refractivity contribution in [1.82, 2.24) is 0 Å². The summed E-state index contributed by atoms with van der Waals surface area (Å²) in [6.45, 7) is 11.5. The standard InChI is InChI=1S/C6H14I.C5H12I.4CH4/c1-4-6(3)7-5-2;1-4-5(2)6-3;;;;/h6H,4-5H2,1-3H3;5H,4H2,1-3H3;4*1H4/q2*-1;;;;. The first-order valence-electron chi connectivity index (χ1n) is 5.17. The number of hydrogen-bond acceptors (Lipinski definition) is 0. The van der Waals surface area contributed by atoms with Gasteiger partial charge in [0.05, 0.1) is 0 Å². The third kappa shape index (κ3) is 38.1. The van der Waals surface area contributed by atoms with E-state index in [-0.39, 0.29) is 29.7 Å². The molecule has 0 aliphatic carbocycles. The van der Waals surface area contributed by atoms with Gasteiger partial charge in [-0.15, -0.1) is 0 Å². The fourth-order valence-corrected chi connectivity index (χ4v) is 3.53. The van der Waals surface area contributed by atoms with E-state index in [9.17, 15) is 0 Å². The van der Waals surface area contributed by atoms with E-state index >= 15 is 0 Å². The summed E-state index contributed by atoms with van der Waals surface area (Å²) in [4.78, 5) is 2.34. The van der Waals surface area contributed by atoms with Crippen molar-refractivity contribution in [3.05, 3.63) is 0 Å². The third-order valence-electron chi connectivity index (χ3n) is 1.92. The molecule has 2 heteroatoms. The van der Waals surface area contributed by atoms with E-state index in [1.807, 2.05) is 0 Å². The average Bonchev–Trinajstić information content (AvgIpc) is 2.18. The maximum absolute atomic E-state index is 2.36. The van der Waals surface area contributed by atoms with Crippen LogP contribution in [0.3, 0.4) is 0 Å². The van der Waals surface area contributed by atoms with Gasteiger partial charge in [-0.1, -0.05) is 29.7 Å². The molecule has 0 nitrogen and oxygen atoms in total. The second-order valence-corrected chi connectivity index (χ2v) is 10.9. The van der Waals surface area contributed by atoms with Crippen LogP contribution in [0.5, 0.6) is 0 Å². The van der Waals surface area contributed by atoms with Crippen LogP contribution in [0.1, 0.15) is 77.2 Å². The van der Waals surface area contributed by atoms with Crippen molar-refractivity contribution in [3.8, 4) is 0 Å². The van der Waals surface area contributed by atoms with Gasteiger partial charge < -0.3 is 0 Å². The molecule has 0 aliphatic rings. The van der Waals surface area contributed by atoms with Crippen molar-refractivity contribution in [1.29, 1.82) is 0 Å². The molecule has 0 rings (SSSR count). The molecule has 0 aliphatic heterocycles. The van der Waals surface area contributed by atoms with Crippen LogP contribution in [0, 0.1) is 0 Å². The van der Waals surface area contributed by atoms with E-state index < -0.39 is 0 Å². The van der Waals surface area contributed by atoms with Crippen LogP contribution >= 0.6 is 0 Å². The van der Waals surface area contributed by atoms with Gasteiger partial charge in [0.15, 0.2) is 0 Å². The second-order valence-electron chi connectivity index (χ2n) is 3.02. The zero-order valence-electron chi connectivity index (χ0n) is 10.0. The Balaban J connectivity index is -0.0000000290. The first-order valence-corrected chi connectivity index (χ1v) is 11.3. The summed E-state index contributed by atoms with van der Waals surface area (Å²) < 4.78 is 3.56. The molecule has 2 unspecified atom stereocenters. The van der Waals surface area contributed by atoms with Crippen molar-refractivity contribution in [2.24, 2.45) is 0 Å². The molecular formula is C15H42I2-2. The summed E-state index contributed by atoms with van der Waals surface area (Å²) in [5.74, 6) is 0. The quantitative estimate of drug-likeness (QED) is 0.386. The first-order chi connectivity index (χ1) is 6.12. The van der Waals surface area contributed by atoms with Crippen LogP contribution in [0.4, 0.5) is 0 Å². The molecular weight excluding hydrogens is 434 g/mol. The number of alkyl halides is 4. The molecule has 0 heterocycles. The first kappa shape index (κ1) is 36.2. The van der Waals surface area contributed by atoms with Gasteiger partial charge >= 0.3 is 107 Å². The topological polar surface area (TPSA) is 0 Å². The van der Waals surface area contributed by atoms with Gasteiger partial charge in [0, 0.05) is 0 Å². The van der Waals surface area contributed by atoms with E-state index in [0.717, 1.165) is 7.85 Å². The Morgan fingerprint density at radius 1 is 0.765 bits per heavy atom. The normalized spacial score (nSPS) is 11.4. The molecule has 0 saturated heterocycles. The van der Waals surface area contributed by atoms with Gasteiger partial charge in [0.2, 0.25) is 0 Å². The average molecular weight is 476 g/mol. The van der Waals surface area contributed by atoms with Crippen LogP contribution in [0.2, 0.25) is 0 Å². The SMILES string of the molecule is C.C.C.C.CCC(C)[I-]C.CC[I-]C(C)CC. The Morgan fingerprint density at radius 2 is 1.12 bits per heavy atom. The maximum atomic E-state index is 2.36. The van der Waals surface area contributed by atoms with E-state index in [4.69, 9.17) is 0 Å². The summed E-state index contributed by atoms with van der Waals surface area (Å²) in [6, 6.07) is 0. The predicted molar refractivity (Wildman–Crippen MR) is 82.9 cm³/mol. The Hall–Kier alpha value is 1.46. The minimum atomic E-state index is 0. The zero-order valence-corrected chi connectivity index (χ0v) is 14.3. The molecule has 17 heavy (non-hydrogen) atoms. The number of rotatable bonds is 5. The molecule has 0 radical (unpaired) electrons. The minimum absolute atomic E-state index is 0. The Bertz CT molecular complexity index is 81.0. The molecule has 2 atom stereocenters. The summed E-state index contributed by atoms with van der Waals surface area (Å²) >= 11 is 1.11. The van der Waals surface area contributed by atoms with Crippen molar-refractivity contribution in [2.75, 3.05) is 9.36 Å². The van der Waals surface area contributed by atoms with E-state index in [2.05, 4.69) is 39.5 Å². The molecule has 0 aromatic heterocycles. The van der Waals surface area contributed by atoms with Gasteiger partial charge in [-0.05, 0) is 0 Å². The molecule has 118 valence electrons. The number of hydrogen-bond donors (Lipinski definition) is 0. The Labute approximate surface area is 136 Å². The van der Waals surface area contributed by atoms with Crippen LogP contribution in [-0.4, -0.2) is 17.2 Å². The Morgan fingerprint density at radius 3 is 1.18 bits per heavy atom. The van der Waals surface area contributed by atoms with Gasteiger partial charge in [0.1, 0.15) is 0 Å². The summed E-state index contributed by atoms with van der Waals surface area (Å²) in [5.41, 5.74) is 0. The molecule has 0 bridgehead atoms. The van der Waals surface area contributed by atoms with Gasteiger partial charge in [-0.2, -0.15) is 0 Å². The molecule has 0 spiro atoms. The third-order valence-corrected chi connectivity index (χ3v) is 8.19. The number of halogens is 2. The Kier molecular flexibility index (Phi) is 65.0. The van der Waals surface area contributed by atoms with Crippen LogP contribution < -0.4 is 42.4 Å². The van der Waals surface area contributed by atoms with Crippen molar-refractivity contribution < 1.29 is 42.4 Å². The van der Waals surface area contributed by atoms with Gasteiger partial charge in [0.25, 0.3) is 0 Å². The summed E-state index contributed by atoms with van der Waals surface area (Å²) in [7, 11) is 0. The van der Waals surface area contributed by atoms with Crippen LogP contribution in [0.25, 0.3) is 0 Å². The monoisotopic (exact) mass is 476 g/mol. The van der Waals surface area contributed by atoms with E-state index in [1.54, 1.807) is 0 Å². The molecule has 0 fully saturated rings. The van der Waals surface area contributed by atoms with Gasteiger partial charge in [-0.3, -0.25) is 0 Å².